The highest BCUT2D eigenvalue weighted by Crippen LogP contribution is 2.50. The number of alkyl carbamates (subject to hydrolysis) is 1. The van der Waals surface area contributed by atoms with E-state index in [1.807, 2.05) is 24.3 Å². The standard InChI is InChI=1S/C41H53FN6O6S/c1-53-40(50)44-38-8-3-7-37(38)41(29-43,32-5-2-6-33(42)23-32)31-14-17-46(18-15-31)24-30-25-47(26-30)34-10-12-35(13-11-34)55(51,52)36-27-48(28-36)39(49)9-4-16-45-19-21-54-22-20-45/h2,4-6,9-13,23,30-31,36-38H,3,7-8,14-22,24-28H2,1H3,(H,44,50)/b9-4+/t37-,38-,41?/m0/s1. The lowest BCUT2D eigenvalue weighted by molar-refractivity contribution is -0.129. The summed E-state index contributed by atoms with van der Waals surface area (Å²) >= 11 is 0. The number of morpholine rings is 1. The van der Waals surface area contributed by atoms with Crippen molar-refractivity contribution < 1.29 is 31.9 Å². The van der Waals surface area contributed by atoms with Crippen molar-refractivity contribution in [2.75, 3.05) is 90.7 Å². The Bertz CT molecular complexity index is 1850. The maximum absolute atomic E-state index is 14.6. The Morgan fingerprint density at radius 2 is 1.73 bits per heavy atom. The van der Waals surface area contributed by atoms with Crippen LogP contribution in [0.25, 0.3) is 0 Å². The van der Waals surface area contributed by atoms with E-state index < -0.39 is 26.6 Å². The maximum atomic E-state index is 14.6. The van der Waals surface area contributed by atoms with Gasteiger partial charge in [0.05, 0.1) is 36.7 Å². The van der Waals surface area contributed by atoms with Crippen molar-refractivity contribution in [1.82, 2.24) is 20.0 Å². The van der Waals surface area contributed by atoms with Crippen LogP contribution in [0.4, 0.5) is 14.9 Å². The first-order valence-corrected chi connectivity index (χ1v) is 21.2. The average Bonchev–Trinajstić information content (AvgIpc) is 3.62. The van der Waals surface area contributed by atoms with E-state index in [1.165, 1.54) is 19.2 Å². The number of rotatable bonds is 12. The molecular weight excluding hydrogens is 724 g/mol. The molecule has 2 aromatic rings. The fraction of sp³-hybridized carbons (Fsp3) is 0.585. The number of hydrogen-bond donors (Lipinski definition) is 1. The van der Waals surface area contributed by atoms with Crippen molar-refractivity contribution in [1.29, 1.82) is 5.26 Å². The van der Waals surface area contributed by atoms with Gasteiger partial charge in [0.1, 0.15) is 11.1 Å². The molecule has 1 aliphatic carbocycles. The van der Waals surface area contributed by atoms with E-state index in [0.29, 0.717) is 31.2 Å². The first-order chi connectivity index (χ1) is 26.6. The molecule has 0 radical (unpaired) electrons. The Labute approximate surface area is 324 Å². The van der Waals surface area contributed by atoms with Gasteiger partial charge in [0, 0.05) is 82.0 Å². The maximum Gasteiger partial charge on any atom is 0.407 e. The van der Waals surface area contributed by atoms with Gasteiger partial charge in [-0.05, 0) is 86.7 Å². The van der Waals surface area contributed by atoms with E-state index in [-0.39, 0.29) is 47.6 Å². The zero-order chi connectivity index (χ0) is 38.6. The monoisotopic (exact) mass is 776 g/mol. The number of ether oxygens (including phenoxy) is 2. The van der Waals surface area contributed by atoms with E-state index in [1.54, 1.807) is 29.2 Å². The van der Waals surface area contributed by atoms with Crippen LogP contribution >= 0.6 is 0 Å². The summed E-state index contributed by atoms with van der Waals surface area (Å²) in [6, 6.07) is 16.1. The minimum atomic E-state index is -3.55. The Morgan fingerprint density at radius 1 is 1.00 bits per heavy atom. The molecule has 7 rings (SSSR count). The number of hydrogen-bond acceptors (Lipinski definition) is 10. The molecular formula is C41H53FN6O6S. The van der Waals surface area contributed by atoms with Gasteiger partial charge in [0.15, 0.2) is 9.84 Å². The number of sulfone groups is 1. The molecule has 5 fully saturated rings. The molecule has 2 amide bonds. The van der Waals surface area contributed by atoms with Crippen LogP contribution in [-0.4, -0.2) is 132 Å². The van der Waals surface area contributed by atoms with Crippen LogP contribution in [0.2, 0.25) is 0 Å². The Balaban J connectivity index is 0.889. The molecule has 55 heavy (non-hydrogen) atoms. The lowest BCUT2D eigenvalue weighted by Gasteiger charge is -2.48. The fourth-order valence-electron chi connectivity index (χ4n) is 9.50. The summed E-state index contributed by atoms with van der Waals surface area (Å²) in [6.45, 7) is 8.51. The molecule has 14 heteroatoms. The van der Waals surface area contributed by atoms with Gasteiger partial charge < -0.3 is 29.5 Å². The van der Waals surface area contributed by atoms with Gasteiger partial charge in [-0.2, -0.15) is 5.26 Å². The number of piperidine rings is 1. The normalized spacial score (nSPS) is 24.5. The van der Waals surface area contributed by atoms with Crippen LogP contribution in [0.15, 0.2) is 65.6 Å². The quantitative estimate of drug-likeness (QED) is 0.317. The molecule has 0 bridgehead atoms. The number of amides is 2. The van der Waals surface area contributed by atoms with Gasteiger partial charge in [-0.15, -0.1) is 0 Å². The second kappa shape index (κ2) is 17.0. The van der Waals surface area contributed by atoms with Crippen molar-refractivity contribution in [2.24, 2.45) is 17.8 Å². The van der Waals surface area contributed by atoms with Crippen molar-refractivity contribution in [3.05, 3.63) is 72.1 Å². The number of anilines is 1. The zero-order valence-corrected chi connectivity index (χ0v) is 32.5. The van der Waals surface area contributed by atoms with E-state index >= 15 is 0 Å². The van der Waals surface area contributed by atoms with Crippen molar-refractivity contribution in [3.63, 3.8) is 0 Å². The van der Waals surface area contributed by atoms with Gasteiger partial charge in [-0.3, -0.25) is 9.69 Å². The summed E-state index contributed by atoms with van der Waals surface area (Å²) in [4.78, 5) is 33.6. The van der Waals surface area contributed by atoms with Gasteiger partial charge in [-0.1, -0.05) is 24.6 Å². The Hall–Kier alpha value is -4.03. The zero-order valence-electron chi connectivity index (χ0n) is 31.7. The molecule has 1 saturated carbocycles. The molecule has 4 saturated heterocycles. The first-order valence-electron chi connectivity index (χ1n) is 19.7. The highest BCUT2D eigenvalue weighted by molar-refractivity contribution is 7.92. The van der Waals surface area contributed by atoms with Gasteiger partial charge >= 0.3 is 6.09 Å². The predicted octanol–water partition coefficient (Wildman–Crippen LogP) is 3.83. The Kier molecular flexibility index (Phi) is 12.1. The van der Waals surface area contributed by atoms with Crippen molar-refractivity contribution in [3.8, 4) is 6.07 Å². The topological polar surface area (TPSA) is 136 Å². The number of benzene rings is 2. The van der Waals surface area contributed by atoms with Crippen LogP contribution in [-0.2, 0) is 29.5 Å². The van der Waals surface area contributed by atoms with Gasteiger partial charge in [0.2, 0.25) is 5.91 Å². The number of likely N-dealkylation sites (tertiary alicyclic amines) is 2. The fourth-order valence-corrected chi connectivity index (χ4v) is 11.2. The third kappa shape index (κ3) is 8.40. The summed E-state index contributed by atoms with van der Waals surface area (Å²) in [5.74, 6) is -0.189. The predicted molar refractivity (Wildman–Crippen MR) is 206 cm³/mol. The van der Waals surface area contributed by atoms with Crippen LogP contribution in [0.1, 0.15) is 37.7 Å². The molecule has 0 aromatic heterocycles. The second-order valence-electron chi connectivity index (χ2n) is 15.8. The number of nitriles is 1. The lowest BCUT2D eigenvalue weighted by Crippen LogP contribution is -2.56. The number of methoxy groups -OCH3 is 1. The van der Waals surface area contributed by atoms with Crippen molar-refractivity contribution in [2.45, 2.75) is 53.7 Å². The number of carbonyl (C=O) groups is 2. The highest BCUT2D eigenvalue weighted by Gasteiger charge is 2.53. The smallest absolute Gasteiger partial charge is 0.407 e. The van der Waals surface area contributed by atoms with E-state index in [2.05, 4.69) is 26.1 Å². The lowest BCUT2D eigenvalue weighted by atomic mass is 9.59. The number of carbonyl (C=O) groups excluding carboxylic acids is 2. The highest BCUT2D eigenvalue weighted by atomic mass is 32.2. The summed E-state index contributed by atoms with van der Waals surface area (Å²) in [5, 5.41) is 13.3. The molecule has 2 aromatic carbocycles. The van der Waals surface area contributed by atoms with Gasteiger partial charge in [-0.25, -0.2) is 17.6 Å². The SMILES string of the molecule is COC(=O)N[C@H]1CCC[C@@H]1C(C#N)(c1cccc(F)c1)C1CCN(CC2CN(c3ccc(S(=O)(=O)C4CN(C(=O)/C=C/CN5CCOCC5)C4)cc3)C2)CC1. The molecule has 12 nitrogen and oxygen atoms in total. The van der Waals surface area contributed by atoms with Crippen molar-refractivity contribution >= 4 is 27.5 Å². The third-order valence-electron chi connectivity index (χ3n) is 12.6. The minimum absolute atomic E-state index is 0.0131. The third-order valence-corrected chi connectivity index (χ3v) is 14.7. The van der Waals surface area contributed by atoms with Gasteiger partial charge in [0.25, 0.3) is 0 Å². The second-order valence-corrected chi connectivity index (χ2v) is 18.1. The minimum Gasteiger partial charge on any atom is -0.453 e. The Morgan fingerprint density at radius 3 is 2.40 bits per heavy atom. The molecule has 1 N–H and O–H groups in total. The molecule has 5 aliphatic rings. The number of halogens is 1. The summed E-state index contributed by atoms with van der Waals surface area (Å²) in [6.07, 6.45) is 6.89. The molecule has 296 valence electrons. The summed E-state index contributed by atoms with van der Waals surface area (Å²) in [5.41, 5.74) is 0.753. The van der Waals surface area contributed by atoms with Crippen LogP contribution in [0.5, 0.6) is 0 Å². The number of nitrogens with one attached hydrogen (secondary N) is 1. The molecule has 3 atom stereocenters. The van der Waals surface area contributed by atoms with Crippen LogP contribution < -0.4 is 10.2 Å². The molecule has 0 spiro atoms. The van der Waals surface area contributed by atoms with E-state index in [4.69, 9.17) is 9.47 Å². The van der Waals surface area contributed by atoms with E-state index in [0.717, 1.165) is 83.6 Å². The molecule has 1 unspecified atom stereocenters. The molecule has 4 aliphatic heterocycles. The summed E-state index contributed by atoms with van der Waals surface area (Å²) in [7, 11) is -2.21. The summed E-state index contributed by atoms with van der Waals surface area (Å²) < 4.78 is 51.6. The average molecular weight is 777 g/mol. The van der Waals surface area contributed by atoms with Crippen LogP contribution in [0, 0.1) is 34.9 Å². The number of nitrogens with zero attached hydrogens (tertiary/aromatic N) is 5. The largest absolute Gasteiger partial charge is 0.453 e. The molecule has 4 heterocycles. The van der Waals surface area contributed by atoms with Crippen LogP contribution in [0.3, 0.4) is 0 Å². The van der Waals surface area contributed by atoms with E-state index in [9.17, 15) is 27.7 Å². The first kappa shape index (κ1) is 39.2.